The zero-order valence-electron chi connectivity index (χ0n) is 18.3. The van der Waals surface area contributed by atoms with E-state index >= 15 is 0 Å². The van der Waals surface area contributed by atoms with Crippen LogP contribution in [0.4, 0.5) is 10.1 Å². The van der Waals surface area contributed by atoms with Crippen LogP contribution in [0.1, 0.15) is 12.8 Å². The van der Waals surface area contributed by atoms with Crippen LogP contribution in [-0.2, 0) is 0 Å². The molecule has 1 fully saturated rings. The summed E-state index contributed by atoms with van der Waals surface area (Å²) in [6.07, 6.45) is 2.09. The minimum atomic E-state index is -0.119. The van der Waals surface area contributed by atoms with Gasteiger partial charge in [0.2, 0.25) is 5.56 Å². The average Bonchev–Trinajstić information content (AvgIpc) is 3.19. The average molecular weight is 488 g/mol. The first-order chi connectivity index (χ1) is 15.7. The third-order valence-corrected chi connectivity index (χ3v) is 6.94. The number of piperazine rings is 1. The lowest BCUT2D eigenvalue weighted by Gasteiger charge is -2.36. The van der Waals surface area contributed by atoms with Crippen molar-refractivity contribution in [1.29, 1.82) is 0 Å². The molecular formula is C25H27ClFN3O2S. The van der Waals surface area contributed by atoms with Crippen molar-refractivity contribution in [3.8, 4) is 5.75 Å². The Bertz CT molecular complexity index is 1280. The Morgan fingerprint density at radius 2 is 1.85 bits per heavy atom. The molecular weight excluding hydrogens is 461 g/mol. The number of ether oxygens (including phenoxy) is 1. The third-order valence-electron chi connectivity index (χ3n) is 6.05. The Morgan fingerprint density at radius 3 is 2.70 bits per heavy atom. The van der Waals surface area contributed by atoms with Gasteiger partial charge in [0.25, 0.3) is 0 Å². The quantitative estimate of drug-likeness (QED) is 0.360. The van der Waals surface area contributed by atoms with Gasteiger partial charge in [0.15, 0.2) is 5.13 Å². The van der Waals surface area contributed by atoms with Gasteiger partial charge in [-0.2, -0.15) is 4.39 Å². The standard InChI is InChI=1S/C25H26FN3O2S.ClH/c26-24-17-20-22(4-3-5-23(20)32-24)29-13-11-28(12-14-29)10-1-2-15-31-19-7-8-21-18(16-19)6-9-25(30)27-21;/h3-9,16-17H,1-2,10-15H2,(H,27,30);1H. The molecule has 0 saturated carbocycles. The molecule has 1 N–H and O–H groups in total. The van der Waals surface area contributed by atoms with Gasteiger partial charge in [0.05, 0.1) is 6.61 Å². The maximum absolute atomic E-state index is 13.7. The summed E-state index contributed by atoms with van der Waals surface area (Å²) in [7, 11) is 0. The topological polar surface area (TPSA) is 48.6 Å². The first-order valence-electron chi connectivity index (χ1n) is 11.1. The molecule has 33 heavy (non-hydrogen) atoms. The van der Waals surface area contributed by atoms with Gasteiger partial charge in [0.1, 0.15) is 5.75 Å². The van der Waals surface area contributed by atoms with Crippen LogP contribution in [0.15, 0.2) is 59.4 Å². The number of benzene rings is 2. The number of hydrogen-bond acceptors (Lipinski definition) is 5. The zero-order valence-corrected chi connectivity index (χ0v) is 19.9. The van der Waals surface area contributed by atoms with Crippen LogP contribution in [-0.4, -0.2) is 49.2 Å². The van der Waals surface area contributed by atoms with Crippen LogP contribution in [0.3, 0.4) is 0 Å². The Balaban J connectivity index is 0.00000259. The van der Waals surface area contributed by atoms with Gasteiger partial charge in [-0.25, -0.2) is 0 Å². The summed E-state index contributed by atoms with van der Waals surface area (Å²) in [5, 5.41) is 1.88. The second-order valence-electron chi connectivity index (χ2n) is 8.20. The monoisotopic (exact) mass is 487 g/mol. The highest BCUT2D eigenvalue weighted by molar-refractivity contribution is 7.17. The second-order valence-corrected chi connectivity index (χ2v) is 9.23. The van der Waals surface area contributed by atoms with E-state index < -0.39 is 0 Å². The summed E-state index contributed by atoms with van der Waals surface area (Å²) < 4.78 is 20.6. The lowest BCUT2D eigenvalue weighted by atomic mass is 10.1. The van der Waals surface area contributed by atoms with Crippen molar-refractivity contribution in [2.24, 2.45) is 0 Å². The molecule has 0 amide bonds. The van der Waals surface area contributed by atoms with Crippen LogP contribution >= 0.6 is 23.7 Å². The van der Waals surface area contributed by atoms with E-state index in [0.29, 0.717) is 6.61 Å². The van der Waals surface area contributed by atoms with Crippen molar-refractivity contribution in [1.82, 2.24) is 9.88 Å². The van der Waals surface area contributed by atoms with E-state index in [1.54, 1.807) is 6.07 Å². The molecule has 0 unspecified atom stereocenters. The van der Waals surface area contributed by atoms with Crippen LogP contribution in [0.5, 0.6) is 5.75 Å². The predicted molar refractivity (Wildman–Crippen MR) is 137 cm³/mol. The Kier molecular flexibility index (Phi) is 7.53. The van der Waals surface area contributed by atoms with Gasteiger partial charge in [-0.1, -0.05) is 6.07 Å². The maximum Gasteiger partial charge on any atom is 0.248 e. The summed E-state index contributed by atoms with van der Waals surface area (Å²) >= 11 is 1.22. The van der Waals surface area contributed by atoms with Gasteiger partial charge in [-0.3, -0.25) is 9.69 Å². The van der Waals surface area contributed by atoms with Gasteiger partial charge in [-0.05, 0) is 61.9 Å². The highest BCUT2D eigenvalue weighted by Gasteiger charge is 2.19. The number of aromatic amines is 1. The van der Waals surface area contributed by atoms with Crippen molar-refractivity contribution in [3.63, 3.8) is 0 Å². The normalized spacial score (nSPS) is 14.5. The molecule has 0 spiro atoms. The molecule has 0 bridgehead atoms. The molecule has 8 heteroatoms. The number of halogens is 2. The predicted octanol–water partition coefficient (Wildman–Crippen LogP) is 5.28. The fourth-order valence-corrected chi connectivity index (χ4v) is 5.16. The number of unbranched alkanes of at least 4 members (excludes halogenated alkanes) is 1. The minimum absolute atomic E-state index is 0. The Labute approximate surface area is 202 Å². The summed E-state index contributed by atoms with van der Waals surface area (Å²) in [6, 6.07) is 16.9. The zero-order chi connectivity index (χ0) is 21.9. The van der Waals surface area contributed by atoms with E-state index in [9.17, 15) is 9.18 Å². The number of pyridine rings is 1. The molecule has 1 saturated heterocycles. The molecule has 0 aliphatic carbocycles. The van der Waals surface area contributed by atoms with Gasteiger partial charge >= 0.3 is 0 Å². The summed E-state index contributed by atoms with van der Waals surface area (Å²) in [5.74, 6) is 0.831. The number of rotatable bonds is 7. The number of thiophene rings is 1. The highest BCUT2D eigenvalue weighted by atomic mass is 35.5. The largest absolute Gasteiger partial charge is 0.494 e. The lowest BCUT2D eigenvalue weighted by molar-refractivity contribution is 0.239. The van der Waals surface area contributed by atoms with Crippen molar-refractivity contribution >= 4 is 50.4 Å². The fraction of sp³-hybridized carbons (Fsp3) is 0.320. The Hall–Kier alpha value is -2.61. The number of nitrogens with zero attached hydrogens (tertiary/aromatic N) is 2. The van der Waals surface area contributed by atoms with E-state index in [4.69, 9.17) is 4.74 Å². The van der Waals surface area contributed by atoms with Gasteiger partial charge in [-0.15, -0.1) is 23.7 Å². The molecule has 1 aliphatic heterocycles. The van der Waals surface area contributed by atoms with E-state index in [1.807, 2.05) is 36.4 Å². The van der Waals surface area contributed by atoms with Crippen molar-refractivity contribution in [2.45, 2.75) is 12.8 Å². The molecule has 1 aliphatic rings. The van der Waals surface area contributed by atoms with E-state index in [-0.39, 0.29) is 23.1 Å². The molecule has 2 aromatic heterocycles. The lowest BCUT2D eigenvalue weighted by Crippen LogP contribution is -2.46. The number of H-pyrrole nitrogens is 1. The van der Waals surface area contributed by atoms with Crippen molar-refractivity contribution < 1.29 is 9.13 Å². The molecule has 5 rings (SSSR count). The number of anilines is 1. The first-order valence-corrected chi connectivity index (χ1v) is 11.9. The smallest absolute Gasteiger partial charge is 0.248 e. The second kappa shape index (κ2) is 10.5. The summed E-state index contributed by atoms with van der Waals surface area (Å²) in [4.78, 5) is 19.1. The fourth-order valence-electron chi connectivity index (χ4n) is 4.35. The van der Waals surface area contributed by atoms with E-state index in [2.05, 4.69) is 20.9 Å². The van der Waals surface area contributed by atoms with Crippen molar-refractivity contribution in [2.75, 3.05) is 44.2 Å². The number of nitrogens with one attached hydrogen (secondary N) is 1. The molecule has 5 nitrogen and oxygen atoms in total. The molecule has 0 atom stereocenters. The highest BCUT2D eigenvalue weighted by Crippen LogP contribution is 2.33. The van der Waals surface area contributed by atoms with Crippen LogP contribution in [0.2, 0.25) is 0 Å². The van der Waals surface area contributed by atoms with Gasteiger partial charge in [0, 0.05) is 58.9 Å². The third kappa shape index (κ3) is 5.49. The number of fused-ring (bicyclic) bond motifs is 2. The molecule has 2 aromatic carbocycles. The van der Waals surface area contributed by atoms with E-state index in [1.165, 1.54) is 17.4 Å². The minimum Gasteiger partial charge on any atom is -0.494 e. The summed E-state index contributed by atoms with van der Waals surface area (Å²) in [5.41, 5.74) is 1.88. The van der Waals surface area contributed by atoms with Crippen LogP contribution in [0, 0.1) is 5.13 Å². The molecule has 4 aromatic rings. The van der Waals surface area contributed by atoms with Crippen LogP contribution < -0.4 is 15.2 Å². The van der Waals surface area contributed by atoms with E-state index in [0.717, 1.165) is 78.0 Å². The first kappa shape index (κ1) is 23.5. The Morgan fingerprint density at radius 1 is 1.00 bits per heavy atom. The SMILES string of the molecule is Cl.O=c1ccc2cc(OCCCCN3CCN(c4cccc5sc(F)cc45)CC3)ccc2[nH]1. The van der Waals surface area contributed by atoms with Crippen molar-refractivity contribution in [3.05, 3.63) is 70.1 Å². The number of aromatic nitrogens is 1. The van der Waals surface area contributed by atoms with Crippen LogP contribution in [0.25, 0.3) is 21.0 Å². The molecule has 0 radical (unpaired) electrons. The molecule has 174 valence electrons. The molecule has 3 heterocycles. The summed E-state index contributed by atoms with van der Waals surface area (Å²) in [6.45, 7) is 5.71. The maximum atomic E-state index is 13.7. The number of hydrogen-bond donors (Lipinski definition) is 1. The van der Waals surface area contributed by atoms with Gasteiger partial charge < -0.3 is 14.6 Å².